The van der Waals surface area contributed by atoms with Crippen LogP contribution in [0.2, 0.25) is 0 Å². The monoisotopic (exact) mass is 1010 g/mol. The molecule has 2 saturated heterocycles. The van der Waals surface area contributed by atoms with Gasteiger partial charge in [-0.05, 0) is 168 Å². The average molecular weight is 1010 g/mol. The molecule has 384 valence electrons. The number of carbonyl (C=O) groups excluding carboxylic acids is 1. The minimum absolute atomic E-state index is 0.00630. The van der Waals surface area contributed by atoms with Crippen LogP contribution in [0.1, 0.15) is 129 Å². The second-order valence-corrected chi connectivity index (χ2v) is 24.4. The van der Waals surface area contributed by atoms with Crippen LogP contribution in [0.25, 0.3) is 16.6 Å². The number of fused-ring (bicyclic) bond motifs is 1. The number of nitrogens with zero attached hydrogens (tertiary/aromatic N) is 7. The van der Waals surface area contributed by atoms with E-state index in [2.05, 4.69) is 53.5 Å². The molecular formula is C55H64FN9O7S. The van der Waals surface area contributed by atoms with Gasteiger partial charge in [-0.2, -0.15) is 0 Å². The van der Waals surface area contributed by atoms with Crippen molar-refractivity contribution >= 4 is 38.1 Å². The quantitative estimate of drug-likeness (QED) is 0.0996. The second-order valence-electron chi connectivity index (χ2n) is 21.6. The maximum atomic E-state index is 15.7. The van der Waals surface area contributed by atoms with E-state index >= 15 is 14.0 Å². The number of nitrogens with one attached hydrogen (secondary N) is 1. The predicted molar refractivity (Wildman–Crippen MR) is 279 cm³/mol. The van der Waals surface area contributed by atoms with E-state index in [4.69, 9.17) is 24.7 Å². The van der Waals surface area contributed by atoms with E-state index in [1.165, 1.54) is 4.57 Å². The van der Waals surface area contributed by atoms with Gasteiger partial charge in [0.15, 0.2) is 5.82 Å². The maximum Gasteiger partial charge on any atom is 0.438 e. The number of nitrogens with two attached hydrogens (primary N) is 1. The highest BCUT2D eigenvalue weighted by molar-refractivity contribution is 7.93. The number of aromatic nitrogens is 5. The smallest absolute Gasteiger partial charge is 0.438 e. The number of aliphatic imine (C=N–C) groups is 1. The number of aromatic amines is 1. The lowest BCUT2D eigenvalue weighted by molar-refractivity contribution is -0.0592. The van der Waals surface area contributed by atoms with Crippen LogP contribution >= 0.6 is 0 Å². The fourth-order valence-corrected chi connectivity index (χ4v) is 13.7. The van der Waals surface area contributed by atoms with Gasteiger partial charge in [-0.15, -0.1) is 0 Å². The molecule has 4 fully saturated rings. The number of hydrogen-bond acceptors (Lipinski definition) is 11. The van der Waals surface area contributed by atoms with E-state index in [1.54, 1.807) is 54.9 Å². The number of carbonyl (C=O) groups is 1. The van der Waals surface area contributed by atoms with Gasteiger partial charge in [0.25, 0.3) is 5.91 Å². The van der Waals surface area contributed by atoms with Gasteiger partial charge in [0, 0.05) is 82.4 Å². The molecule has 11 rings (SSSR count). The van der Waals surface area contributed by atoms with Crippen molar-refractivity contribution in [3.63, 3.8) is 0 Å². The first-order valence-electron chi connectivity index (χ1n) is 25.6. The van der Waals surface area contributed by atoms with Crippen LogP contribution in [-0.2, 0) is 20.0 Å². The number of halogens is 1. The lowest BCUT2D eigenvalue weighted by Gasteiger charge is -2.37. The van der Waals surface area contributed by atoms with Crippen molar-refractivity contribution in [1.82, 2.24) is 28.7 Å². The van der Waals surface area contributed by atoms with Crippen LogP contribution in [0.3, 0.4) is 0 Å². The van der Waals surface area contributed by atoms with Crippen LogP contribution in [-0.4, -0.2) is 94.1 Å². The summed E-state index contributed by atoms with van der Waals surface area (Å²) >= 11 is 0. The number of ether oxygens (including phenoxy) is 2. The third-order valence-electron chi connectivity index (χ3n) is 16.2. The highest BCUT2D eigenvalue weighted by Crippen LogP contribution is 2.56. The van der Waals surface area contributed by atoms with Crippen molar-refractivity contribution in [2.75, 3.05) is 31.7 Å². The van der Waals surface area contributed by atoms with Crippen molar-refractivity contribution in [1.29, 1.82) is 0 Å². The van der Waals surface area contributed by atoms with Crippen LogP contribution < -0.4 is 21.9 Å². The van der Waals surface area contributed by atoms with Gasteiger partial charge in [-0.1, -0.05) is 18.1 Å². The average Bonchev–Trinajstić information content (AvgIpc) is 4.17. The van der Waals surface area contributed by atoms with Crippen molar-refractivity contribution in [3.05, 3.63) is 139 Å². The molecular weight excluding hydrogens is 950 g/mol. The van der Waals surface area contributed by atoms with Crippen molar-refractivity contribution in [2.45, 2.75) is 128 Å². The Balaban J connectivity index is 0.982. The Bertz CT molecular complexity index is 3490. The molecule has 0 radical (unpaired) electrons. The van der Waals surface area contributed by atoms with E-state index in [1.807, 2.05) is 35.8 Å². The number of hydrogen-bond donors (Lipinski definition) is 2. The molecule has 4 atom stereocenters. The lowest BCUT2D eigenvalue weighted by atomic mass is 9.83. The Morgan fingerprint density at radius 3 is 2.36 bits per heavy atom. The third-order valence-corrected chi connectivity index (χ3v) is 18.6. The van der Waals surface area contributed by atoms with Crippen LogP contribution in [0.4, 0.5) is 10.1 Å². The SMILES string of the molecule is CN=S1(=O)CCC(Oc2ccc(-n3ccn(C(=Nc4cc(C)c(F)c(C)c4)C4=C(N)CCN(C(=O)c5cc6cc([C@H]7CCOC(C)(C)C7)ccc6n5[C@@]5(c6noc(=O)[nH]6)C[C@@H]5C)[C@H]4C)c3=O)cc2C2CC2)CC1. The predicted octanol–water partition coefficient (Wildman–Crippen LogP) is 8.72. The standard InChI is InChI=1S/C55H64FN9O7S/c1-31-24-39(25-32(2)48(31)56)59-49(64-20-19-63(53(64)68)40-11-13-46(42(28-40)35-8-9-35)71-41-16-22-73(69,58-7)23-17-41)47-34(4)62(18-14-43(47)57)50(66)45-27-38-26-36(37-15-21-70-54(5,6)30-37)10-12-44(38)65(45)55(29-33(55)3)51-60-52(67)72-61-51/h10-13,19-20,24-28,33-35,37,41H,8-9,14-18,21-23,29-30,57H2,1-7H3,(H,60,61,67)/t33-,34-,37-,41?,55-,73?/m0/s1. The minimum atomic E-state index is -2.18. The summed E-state index contributed by atoms with van der Waals surface area (Å²) in [6, 6.07) is 16.7. The molecule has 3 aromatic heterocycles. The Hall–Kier alpha value is -6.53. The molecule has 18 heteroatoms. The van der Waals surface area contributed by atoms with Crippen LogP contribution in [0.15, 0.2) is 102 Å². The molecule has 73 heavy (non-hydrogen) atoms. The second kappa shape index (κ2) is 18.1. The minimum Gasteiger partial charge on any atom is -0.490 e. The van der Waals surface area contributed by atoms with Gasteiger partial charge in [-0.3, -0.25) is 23.4 Å². The molecule has 2 saturated carbocycles. The third kappa shape index (κ3) is 8.76. The Labute approximate surface area is 423 Å². The summed E-state index contributed by atoms with van der Waals surface area (Å²) in [5.41, 5.74) is 11.7. The van der Waals surface area contributed by atoms with Gasteiger partial charge in [0.1, 0.15) is 34.7 Å². The molecule has 3 aromatic carbocycles. The molecule has 3 N–H and O–H groups in total. The summed E-state index contributed by atoms with van der Waals surface area (Å²) in [5.74, 6) is 1.60. The molecule has 16 nitrogen and oxygen atoms in total. The van der Waals surface area contributed by atoms with E-state index in [9.17, 15) is 9.00 Å². The van der Waals surface area contributed by atoms with Crippen LogP contribution in [0, 0.1) is 25.6 Å². The number of imidazole rings is 1. The summed E-state index contributed by atoms with van der Waals surface area (Å²) in [6.45, 7) is 12.5. The number of amides is 1. The normalized spacial score (nSPS) is 26.4. The van der Waals surface area contributed by atoms with Crippen LogP contribution in [0.5, 0.6) is 5.75 Å². The van der Waals surface area contributed by atoms with E-state index in [0.29, 0.717) is 88.6 Å². The summed E-state index contributed by atoms with van der Waals surface area (Å²) in [5, 5.41) is 5.08. The molecule has 2 aliphatic carbocycles. The van der Waals surface area contributed by atoms with Gasteiger partial charge in [0.2, 0.25) is 0 Å². The topological polar surface area (TPSA) is 197 Å². The number of benzene rings is 3. The van der Waals surface area contributed by atoms with Gasteiger partial charge < -0.3 is 24.7 Å². The Morgan fingerprint density at radius 2 is 1.70 bits per heavy atom. The highest BCUT2D eigenvalue weighted by Gasteiger charge is 2.59. The first kappa shape index (κ1) is 48.7. The van der Waals surface area contributed by atoms with Crippen molar-refractivity contribution in [3.8, 4) is 11.4 Å². The number of aryl methyl sites for hydroxylation is 2. The molecule has 0 spiro atoms. The first-order chi connectivity index (χ1) is 34.9. The zero-order chi connectivity index (χ0) is 51.3. The molecule has 6 aromatic rings. The largest absolute Gasteiger partial charge is 0.490 e. The number of H-pyrrole nitrogens is 1. The Kier molecular flexibility index (Phi) is 12.1. The van der Waals surface area contributed by atoms with Crippen molar-refractivity contribution < 1.29 is 27.4 Å². The Morgan fingerprint density at radius 1 is 0.959 bits per heavy atom. The zero-order valence-corrected chi connectivity index (χ0v) is 43.4. The fraction of sp³-hybridized carbons (Fsp3) is 0.473. The van der Waals surface area contributed by atoms with Crippen molar-refractivity contribution in [2.24, 2.45) is 21.0 Å². The van der Waals surface area contributed by atoms with E-state index in [0.717, 1.165) is 53.5 Å². The fourth-order valence-electron chi connectivity index (χ4n) is 11.9. The maximum absolute atomic E-state index is 15.7. The number of rotatable bonds is 10. The van der Waals surface area contributed by atoms with Gasteiger partial charge in [0.05, 0.1) is 23.0 Å². The summed E-state index contributed by atoms with van der Waals surface area (Å²) < 4.78 is 55.0. The first-order valence-corrected chi connectivity index (χ1v) is 27.5. The zero-order valence-electron chi connectivity index (χ0n) is 42.6. The lowest BCUT2D eigenvalue weighted by Crippen LogP contribution is -2.49. The van der Waals surface area contributed by atoms with E-state index < -0.39 is 32.8 Å². The van der Waals surface area contributed by atoms with Gasteiger partial charge in [-0.25, -0.2) is 27.5 Å². The molecule has 3 aliphatic heterocycles. The van der Waals surface area contributed by atoms with Gasteiger partial charge >= 0.3 is 11.4 Å². The summed E-state index contributed by atoms with van der Waals surface area (Å²) in [7, 11) is -0.554. The summed E-state index contributed by atoms with van der Waals surface area (Å²) in [6.07, 6.45) is 9.22. The molecule has 5 aliphatic rings. The molecule has 0 bridgehead atoms. The molecule has 6 heterocycles. The molecule has 1 amide bonds. The van der Waals surface area contributed by atoms with E-state index in [-0.39, 0.29) is 54.1 Å². The molecule has 0 unspecified atom stereocenters. The summed E-state index contributed by atoms with van der Waals surface area (Å²) in [4.78, 5) is 52.9. The highest BCUT2D eigenvalue weighted by atomic mass is 32.2.